The summed E-state index contributed by atoms with van der Waals surface area (Å²) in [6, 6.07) is 0. The van der Waals surface area contributed by atoms with Crippen molar-refractivity contribution in [3.8, 4) is 0 Å². The van der Waals surface area contributed by atoms with Crippen LogP contribution in [0.15, 0.2) is 16.6 Å². The van der Waals surface area contributed by atoms with E-state index < -0.39 is 0 Å². The lowest BCUT2D eigenvalue weighted by Crippen LogP contribution is -2.40. The van der Waals surface area contributed by atoms with Gasteiger partial charge in [-0.25, -0.2) is 0 Å². The topological polar surface area (TPSA) is 16.4 Å². The molecule has 0 N–H and O–H groups in total. The number of rotatable bonds is 0. The molecule has 1 aromatic rings. The summed E-state index contributed by atoms with van der Waals surface area (Å²) in [5.74, 6) is 2.20. The summed E-state index contributed by atoms with van der Waals surface area (Å²) >= 11 is 2.47. The van der Waals surface area contributed by atoms with Gasteiger partial charge >= 0.3 is 0 Å². The third-order valence-corrected chi connectivity index (χ3v) is 5.15. The second-order valence-electron chi connectivity index (χ2n) is 7.30. The number of hydrogen-bond acceptors (Lipinski definition) is 2. The van der Waals surface area contributed by atoms with Gasteiger partial charge in [-0.1, -0.05) is 40.8 Å². The number of allylic oxidation sites excluding steroid dienone is 2. The molecule has 114 valence electrons. The first-order valence-corrected chi connectivity index (χ1v) is 8.81. The van der Waals surface area contributed by atoms with E-state index in [9.17, 15) is 0 Å². The number of furan rings is 1. The molecule has 0 saturated carbocycles. The summed E-state index contributed by atoms with van der Waals surface area (Å²) in [5, 5.41) is 0. The molecule has 0 radical (unpaired) electrons. The van der Waals surface area contributed by atoms with Crippen molar-refractivity contribution in [3.05, 3.63) is 34.8 Å². The van der Waals surface area contributed by atoms with Gasteiger partial charge in [-0.15, -0.1) is 0 Å². The van der Waals surface area contributed by atoms with Crippen LogP contribution in [0.4, 0.5) is 0 Å². The molecule has 2 heterocycles. The molecule has 2 nitrogen and oxygen atoms in total. The van der Waals surface area contributed by atoms with Crippen molar-refractivity contribution in [1.82, 2.24) is 4.90 Å². The maximum atomic E-state index is 6.22. The van der Waals surface area contributed by atoms with Gasteiger partial charge in [0.25, 0.3) is 0 Å². The highest BCUT2D eigenvalue weighted by molar-refractivity contribution is 14.1. The van der Waals surface area contributed by atoms with Gasteiger partial charge in [-0.3, -0.25) is 4.90 Å². The first-order chi connectivity index (χ1) is 9.76. The van der Waals surface area contributed by atoms with E-state index in [0.29, 0.717) is 0 Å². The van der Waals surface area contributed by atoms with Crippen molar-refractivity contribution >= 4 is 34.7 Å². The van der Waals surface area contributed by atoms with Gasteiger partial charge in [0.1, 0.15) is 11.5 Å². The standard InChI is InChI=1S/C18H24INO/c1-17(2,3)20-11-5-6-13-14-7-9-18(4,19)10-8-15(14)21-16(13)12-20/h7-10H,5-6,11-12H2,1-4H3. The van der Waals surface area contributed by atoms with Gasteiger partial charge in [0.05, 0.1) is 9.97 Å². The van der Waals surface area contributed by atoms with Crippen LogP contribution in [0.3, 0.4) is 0 Å². The summed E-state index contributed by atoms with van der Waals surface area (Å²) in [7, 11) is 0. The Hall–Kier alpha value is -0.550. The highest BCUT2D eigenvalue weighted by Gasteiger charge is 2.29. The second kappa shape index (κ2) is 5.27. The Morgan fingerprint density at radius 3 is 2.67 bits per heavy atom. The van der Waals surface area contributed by atoms with Gasteiger partial charge in [-0.05, 0) is 53.2 Å². The van der Waals surface area contributed by atoms with Crippen molar-refractivity contribution in [3.63, 3.8) is 0 Å². The zero-order chi connectivity index (χ0) is 15.3. The summed E-state index contributed by atoms with van der Waals surface area (Å²) in [6.07, 6.45) is 11.2. The van der Waals surface area contributed by atoms with Gasteiger partial charge in [0.2, 0.25) is 0 Å². The smallest absolute Gasteiger partial charge is 0.134 e. The molecule has 1 aromatic heterocycles. The lowest BCUT2D eigenvalue weighted by atomic mass is 10.0. The van der Waals surface area contributed by atoms with Crippen LogP contribution >= 0.6 is 22.6 Å². The number of alkyl halides is 1. The second-order valence-corrected chi connectivity index (χ2v) is 9.62. The predicted octanol–water partition coefficient (Wildman–Crippen LogP) is 5.06. The van der Waals surface area contributed by atoms with E-state index in [1.165, 1.54) is 23.3 Å². The van der Waals surface area contributed by atoms with E-state index in [0.717, 1.165) is 25.3 Å². The van der Waals surface area contributed by atoms with Crippen molar-refractivity contribution in [2.24, 2.45) is 0 Å². The summed E-state index contributed by atoms with van der Waals surface area (Å²) in [5.41, 5.74) is 2.92. The fraction of sp³-hybridized carbons (Fsp3) is 0.556. The predicted molar refractivity (Wildman–Crippen MR) is 97.7 cm³/mol. The van der Waals surface area contributed by atoms with E-state index in [1.54, 1.807) is 0 Å². The highest BCUT2D eigenvalue weighted by atomic mass is 127. The quantitative estimate of drug-likeness (QED) is 0.450. The van der Waals surface area contributed by atoms with Crippen molar-refractivity contribution in [1.29, 1.82) is 0 Å². The minimum absolute atomic E-state index is 0.0777. The van der Waals surface area contributed by atoms with Gasteiger partial charge < -0.3 is 4.42 Å². The van der Waals surface area contributed by atoms with Crippen molar-refractivity contribution < 1.29 is 4.42 Å². The van der Waals surface area contributed by atoms with Crippen LogP contribution in [-0.4, -0.2) is 20.4 Å². The van der Waals surface area contributed by atoms with E-state index >= 15 is 0 Å². The van der Waals surface area contributed by atoms with E-state index in [1.807, 2.05) is 0 Å². The Labute approximate surface area is 141 Å². The van der Waals surface area contributed by atoms with Crippen LogP contribution in [0.1, 0.15) is 56.8 Å². The summed E-state index contributed by atoms with van der Waals surface area (Å²) in [4.78, 5) is 2.53. The lowest BCUT2D eigenvalue weighted by molar-refractivity contribution is 0.120. The van der Waals surface area contributed by atoms with Gasteiger partial charge in [0.15, 0.2) is 0 Å². The fourth-order valence-electron chi connectivity index (χ4n) is 3.07. The van der Waals surface area contributed by atoms with E-state index in [-0.39, 0.29) is 8.96 Å². The van der Waals surface area contributed by atoms with Crippen LogP contribution in [0, 0.1) is 0 Å². The van der Waals surface area contributed by atoms with Gasteiger partial charge in [0, 0.05) is 16.7 Å². The van der Waals surface area contributed by atoms with Crippen LogP contribution in [0.25, 0.3) is 12.2 Å². The Kier molecular flexibility index (Phi) is 3.85. The van der Waals surface area contributed by atoms with Crippen LogP contribution in [-0.2, 0) is 13.0 Å². The molecule has 1 aliphatic heterocycles. The Morgan fingerprint density at radius 2 is 1.95 bits per heavy atom. The maximum absolute atomic E-state index is 6.22. The molecule has 1 unspecified atom stereocenters. The molecule has 3 heteroatoms. The monoisotopic (exact) mass is 397 g/mol. The summed E-state index contributed by atoms with van der Waals surface area (Å²) < 4.78 is 6.30. The minimum atomic E-state index is 0.0777. The maximum Gasteiger partial charge on any atom is 0.134 e. The lowest BCUT2D eigenvalue weighted by Gasteiger charge is -2.34. The Bertz CT molecular complexity index is 601. The molecule has 2 aliphatic rings. The molecule has 0 spiro atoms. The van der Waals surface area contributed by atoms with Gasteiger partial charge in [-0.2, -0.15) is 0 Å². The highest BCUT2D eigenvalue weighted by Crippen LogP contribution is 2.36. The van der Waals surface area contributed by atoms with Crippen molar-refractivity contribution in [2.75, 3.05) is 6.54 Å². The third-order valence-electron chi connectivity index (χ3n) is 4.43. The Balaban J connectivity index is 1.99. The average molecular weight is 397 g/mol. The van der Waals surface area contributed by atoms with E-state index in [4.69, 9.17) is 4.42 Å². The Morgan fingerprint density at radius 1 is 1.24 bits per heavy atom. The number of fused-ring (bicyclic) bond motifs is 3. The largest absolute Gasteiger partial charge is 0.459 e. The number of hydrogen-bond donors (Lipinski definition) is 0. The molecular weight excluding hydrogens is 373 g/mol. The fourth-order valence-corrected chi connectivity index (χ4v) is 3.43. The first-order valence-electron chi connectivity index (χ1n) is 7.73. The van der Waals surface area contributed by atoms with E-state index in [2.05, 4.69) is 79.5 Å². The molecule has 21 heavy (non-hydrogen) atoms. The van der Waals surface area contributed by atoms with Crippen LogP contribution < -0.4 is 0 Å². The third kappa shape index (κ3) is 3.14. The molecule has 0 amide bonds. The minimum Gasteiger partial charge on any atom is -0.459 e. The molecule has 0 aromatic carbocycles. The van der Waals surface area contributed by atoms with Crippen LogP contribution in [0.2, 0.25) is 0 Å². The number of halogens is 1. The summed E-state index contributed by atoms with van der Waals surface area (Å²) in [6.45, 7) is 11.1. The molecule has 1 atom stereocenters. The molecule has 0 fully saturated rings. The van der Waals surface area contributed by atoms with Crippen LogP contribution in [0.5, 0.6) is 0 Å². The normalized spacial score (nSPS) is 26.1. The zero-order valence-electron chi connectivity index (χ0n) is 13.4. The molecule has 3 rings (SSSR count). The average Bonchev–Trinajstić information content (AvgIpc) is 2.51. The zero-order valence-corrected chi connectivity index (χ0v) is 15.5. The SMILES string of the molecule is CC1(I)C=Cc2oc3c(c2C=C1)CCCN(C(C)(C)C)C3. The molecule has 1 aliphatic carbocycles. The van der Waals surface area contributed by atoms with Crippen molar-refractivity contribution in [2.45, 2.75) is 56.0 Å². The molecule has 0 saturated heterocycles. The molecule has 0 bridgehead atoms. The number of nitrogens with zero attached hydrogens (tertiary/aromatic N) is 1. The first kappa shape index (κ1) is 15.3. The molecular formula is C18H24INO.